The molecule has 0 radical (unpaired) electrons. The quantitative estimate of drug-likeness (QED) is 0.746. The fourth-order valence-electron chi connectivity index (χ4n) is 1.67. The lowest BCUT2D eigenvalue weighted by Gasteiger charge is -2.28. The smallest absolute Gasteiger partial charge is 0.487 e. The molecule has 0 fully saturated rings. The molecule has 21 heavy (non-hydrogen) atoms. The molecule has 0 saturated carbocycles. The molecule has 0 saturated heterocycles. The summed E-state index contributed by atoms with van der Waals surface area (Å²) in [5, 5.41) is 0. The van der Waals surface area contributed by atoms with Gasteiger partial charge in [0.05, 0.1) is 6.10 Å². The molecule has 0 spiro atoms. The number of hydrogen-bond acceptors (Lipinski definition) is 5. The Bertz CT molecular complexity index is 453. The van der Waals surface area contributed by atoms with Gasteiger partial charge in [0.25, 0.3) is 0 Å². The summed E-state index contributed by atoms with van der Waals surface area (Å²) in [6.07, 6.45) is 2.59. The second-order valence-electron chi connectivity index (χ2n) is 5.84. The van der Waals surface area contributed by atoms with Crippen LogP contribution in [0.15, 0.2) is 12.3 Å². The molecule has 1 aromatic heterocycles. The molecule has 0 bridgehead atoms. The summed E-state index contributed by atoms with van der Waals surface area (Å²) in [5.74, 6) is 0.933. The molecule has 1 rings (SSSR count). The molecule has 0 aliphatic carbocycles. The van der Waals surface area contributed by atoms with Crippen LogP contribution in [-0.4, -0.2) is 30.4 Å². The Morgan fingerprint density at radius 1 is 1.33 bits per heavy atom. The number of nitrogens with two attached hydrogens (primary N) is 1. The summed E-state index contributed by atoms with van der Waals surface area (Å²) in [7, 11) is -0.479. The minimum absolute atomic E-state index is 0.0305. The largest absolute Gasteiger partial charge is 0.495 e. The van der Waals surface area contributed by atoms with Gasteiger partial charge in [-0.15, -0.1) is 0 Å². The van der Waals surface area contributed by atoms with Gasteiger partial charge in [0.2, 0.25) is 0 Å². The fourth-order valence-corrected chi connectivity index (χ4v) is 1.67. The molecule has 1 heterocycles. The Hall–Kier alpha value is -1.27. The maximum absolute atomic E-state index is 6.05. The van der Waals surface area contributed by atoms with Gasteiger partial charge in [-0.2, -0.15) is 0 Å². The third-order valence-electron chi connectivity index (χ3n) is 3.13. The van der Waals surface area contributed by atoms with Crippen LogP contribution in [0, 0.1) is 0 Å². The van der Waals surface area contributed by atoms with Crippen LogP contribution < -0.4 is 15.9 Å². The van der Waals surface area contributed by atoms with Crippen LogP contribution in [0.4, 0.5) is 5.82 Å². The van der Waals surface area contributed by atoms with Gasteiger partial charge in [-0.25, -0.2) is 4.98 Å². The summed E-state index contributed by atoms with van der Waals surface area (Å²) in [5.41, 5.74) is 6.38. The number of nitrogens with zero attached hydrogens (tertiary/aromatic N) is 1. The number of aromatic nitrogens is 1. The van der Waals surface area contributed by atoms with Crippen LogP contribution in [0.2, 0.25) is 0 Å². The first-order valence-electron chi connectivity index (χ1n) is 7.50. The SMILES string of the molecule is CCOB(OC(C)(C)CC)c1cnc(N)c(OC(C)C)c1. The van der Waals surface area contributed by atoms with Gasteiger partial charge in [-0.05, 0) is 47.1 Å². The van der Waals surface area contributed by atoms with Crippen LogP contribution in [-0.2, 0) is 9.31 Å². The van der Waals surface area contributed by atoms with Gasteiger partial charge in [-0.1, -0.05) is 6.92 Å². The third kappa shape index (κ3) is 5.55. The van der Waals surface area contributed by atoms with Crippen molar-refractivity contribution in [1.82, 2.24) is 4.98 Å². The van der Waals surface area contributed by atoms with Crippen LogP contribution in [0.1, 0.15) is 48.0 Å². The average molecular weight is 294 g/mol. The highest BCUT2D eigenvalue weighted by Crippen LogP contribution is 2.20. The number of pyridine rings is 1. The van der Waals surface area contributed by atoms with Crippen molar-refractivity contribution in [3.63, 3.8) is 0 Å². The van der Waals surface area contributed by atoms with Crippen LogP contribution in [0.5, 0.6) is 5.75 Å². The number of nitrogen functional groups attached to an aromatic ring is 1. The predicted octanol–water partition coefficient (Wildman–Crippen LogP) is 2.39. The first kappa shape index (κ1) is 17.8. The Morgan fingerprint density at radius 3 is 2.52 bits per heavy atom. The minimum atomic E-state index is -0.479. The zero-order chi connectivity index (χ0) is 16.0. The molecule has 0 aromatic carbocycles. The van der Waals surface area contributed by atoms with E-state index in [1.807, 2.05) is 40.7 Å². The average Bonchev–Trinajstić information content (AvgIpc) is 2.40. The standard InChI is InChI=1S/C15H27BN2O3/c1-7-15(5,6)21-16(19-8-2)12-9-13(20-11(3)4)14(17)18-10-12/h9-11H,7-8H2,1-6H3,(H2,17,18). The van der Waals surface area contributed by atoms with Gasteiger partial charge >= 0.3 is 7.12 Å². The molecule has 0 unspecified atom stereocenters. The predicted molar refractivity (Wildman–Crippen MR) is 86.9 cm³/mol. The number of rotatable bonds is 8. The Kier molecular flexibility index (Phi) is 6.49. The lowest BCUT2D eigenvalue weighted by atomic mass is 9.78. The summed E-state index contributed by atoms with van der Waals surface area (Å²) in [6.45, 7) is 12.5. The van der Waals surface area contributed by atoms with E-state index < -0.39 is 7.12 Å². The van der Waals surface area contributed by atoms with E-state index >= 15 is 0 Å². The van der Waals surface area contributed by atoms with Gasteiger partial charge < -0.3 is 19.8 Å². The number of ether oxygens (including phenoxy) is 1. The van der Waals surface area contributed by atoms with Crippen molar-refractivity contribution in [2.45, 2.75) is 59.7 Å². The second-order valence-corrected chi connectivity index (χ2v) is 5.84. The van der Waals surface area contributed by atoms with Crippen molar-refractivity contribution in [2.75, 3.05) is 12.3 Å². The van der Waals surface area contributed by atoms with Gasteiger partial charge in [0.1, 0.15) is 0 Å². The molecule has 118 valence electrons. The van der Waals surface area contributed by atoms with Crippen molar-refractivity contribution >= 4 is 18.4 Å². The summed E-state index contributed by atoms with van der Waals surface area (Å²) >= 11 is 0. The van der Waals surface area contributed by atoms with E-state index in [1.165, 1.54) is 0 Å². The van der Waals surface area contributed by atoms with Crippen LogP contribution in [0.25, 0.3) is 0 Å². The Labute approximate surface area is 128 Å². The maximum Gasteiger partial charge on any atom is 0.495 e. The molecule has 5 nitrogen and oxygen atoms in total. The van der Waals surface area contributed by atoms with Crippen molar-refractivity contribution < 1.29 is 14.0 Å². The zero-order valence-electron chi connectivity index (χ0n) is 14.0. The van der Waals surface area contributed by atoms with Crippen LogP contribution >= 0.6 is 0 Å². The highest BCUT2D eigenvalue weighted by molar-refractivity contribution is 6.61. The summed E-state index contributed by atoms with van der Waals surface area (Å²) in [4.78, 5) is 4.18. The molecule has 0 amide bonds. The van der Waals surface area contributed by atoms with E-state index in [1.54, 1.807) is 6.20 Å². The maximum atomic E-state index is 6.05. The lowest BCUT2D eigenvalue weighted by molar-refractivity contribution is 0.0705. The first-order valence-corrected chi connectivity index (χ1v) is 7.50. The van der Waals surface area contributed by atoms with Crippen molar-refractivity contribution in [2.24, 2.45) is 0 Å². The topological polar surface area (TPSA) is 66.6 Å². The number of hydrogen-bond donors (Lipinski definition) is 1. The Morgan fingerprint density at radius 2 is 2.00 bits per heavy atom. The minimum Gasteiger partial charge on any atom is -0.487 e. The summed E-state index contributed by atoms with van der Waals surface area (Å²) < 4.78 is 17.4. The van der Waals surface area contributed by atoms with E-state index in [9.17, 15) is 0 Å². The molecular formula is C15H27BN2O3. The second kappa shape index (κ2) is 7.66. The molecule has 0 atom stereocenters. The third-order valence-corrected chi connectivity index (χ3v) is 3.13. The molecule has 0 aliphatic rings. The van der Waals surface area contributed by atoms with E-state index in [4.69, 9.17) is 19.8 Å². The molecule has 1 aromatic rings. The lowest BCUT2D eigenvalue weighted by Crippen LogP contribution is -2.44. The molecule has 6 heteroatoms. The number of anilines is 1. The first-order chi connectivity index (χ1) is 9.79. The molecule has 0 aliphatic heterocycles. The normalized spacial score (nSPS) is 11.8. The molecular weight excluding hydrogens is 267 g/mol. The molecule has 2 N–H and O–H groups in total. The highest BCUT2D eigenvalue weighted by Gasteiger charge is 2.30. The van der Waals surface area contributed by atoms with Crippen molar-refractivity contribution in [3.05, 3.63) is 12.3 Å². The van der Waals surface area contributed by atoms with E-state index in [2.05, 4.69) is 11.9 Å². The monoisotopic (exact) mass is 294 g/mol. The van der Waals surface area contributed by atoms with Gasteiger partial charge in [0, 0.05) is 23.9 Å². The van der Waals surface area contributed by atoms with E-state index in [-0.39, 0.29) is 11.7 Å². The van der Waals surface area contributed by atoms with E-state index in [0.717, 1.165) is 11.9 Å². The Balaban J connectivity index is 3.02. The van der Waals surface area contributed by atoms with Crippen LogP contribution in [0.3, 0.4) is 0 Å². The highest BCUT2D eigenvalue weighted by atomic mass is 16.6. The fraction of sp³-hybridized carbons (Fsp3) is 0.667. The summed E-state index contributed by atoms with van der Waals surface area (Å²) in [6, 6.07) is 1.84. The van der Waals surface area contributed by atoms with Gasteiger partial charge in [0.15, 0.2) is 11.6 Å². The van der Waals surface area contributed by atoms with Crippen molar-refractivity contribution in [1.29, 1.82) is 0 Å². The zero-order valence-corrected chi connectivity index (χ0v) is 14.0. The van der Waals surface area contributed by atoms with Gasteiger partial charge in [-0.3, -0.25) is 0 Å². The van der Waals surface area contributed by atoms with E-state index in [0.29, 0.717) is 18.2 Å². The van der Waals surface area contributed by atoms with Crippen molar-refractivity contribution in [3.8, 4) is 5.75 Å².